The molecule has 3 aromatic rings. The number of aromatic nitrogens is 3. The van der Waals surface area contributed by atoms with Crippen molar-refractivity contribution in [3.63, 3.8) is 0 Å². The van der Waals surface area contributed by atoms with E-state index in [1.54, 1.807) is 18.4 Å². The van der Waals surface area contributed by atoms with Gasteiger partial charge in [0.25, 0.3) is 0 Å². The lowest BCUT2D eigenvalue weighted by Gasteiger charge is -2.37. The van der Waals surface area contributed by atoms with Gasteiger partial charge in [-0.15, -0.1) is 11.3 Å². The largest absolute Gasteiger partial charge is 0.497 e. The van der Waals surface area contributed by atoms with Gasteiger partial charge in [0.1, 0.15) is 11.8 Å². The number of thiophene rings is 1. The Morgan fingerprint density at radius 3 is 2.55 bits per heavy atom. The smallest absolute Gasteiger partial charge is 0.245 e. The van der Waals surface area contributed by atoms with Crippen molar-refractivity contribution in [1.29, 1.82) is 0 Å². The van der Waals surface area contributed by atoms with Crippen LogP contribution in [-0.2, 0) is 4.79 Å². The Morgan fingerprint density at radius 1 is 1.21 bits per heavy atom. The van der Waals surface area contributed by atoms with Gasteiger partial charge in [0.2, 0.25) is 5.91 Å². The van der Waals surface area contributed by atoms with Gasteiger partial charge >= 0.3 is 0 Å². The first kappa shape index (κ1) is 19.7. The van der Waals surface area contributed by atoms with Crippen LogP contribution in [0.5, 0.6) is 5.75 Å². The molecule has 2 aromatic heterocycles. The van der Waals surface area contributed by atoms with Crippen molar-refractivity contribution in [3.05, 3.63) is 46.5 Å². The van der Waals surface area contributed by atoms with E-state index in [0.717, 1.165) is 29.4 Å². The van der Waals surface area contributed by atoms with E-state index in [9.17, 15) is 4.79 Å². The number of nitrogens with one attached hydrogen (secondary N) is 1. The number of rotatable bonds is 5. The van der Waals surface area contributed by atoms with Crippen molar-refractivity contribution >= 4 is 35.1 Å². The number of methoxy groups -OCH3 is 1. The number of piperazine rings is 1. The predicted octanol–water partition coefficient (Wildman–Crippen LogP) is 3.59. The maximum atomic E-state index is 13.2. The summed E-state index contributed by atoms with van der Waals surface area (Å²) in [6, 6.07) is 11.6. The van der Waals surface area contributed by atoms with Gasteiger partial charge in [0, 0.05) is 31.9 Å². The second kappa shape index (κ2) is 8.38. The predicted molar refractivity (Wildman–Crippen MR) is 117 cm³/mol. The van der Waals surface area contributed by atoms with Crippen LogP contribution in [0.3, 0.4) is 0 Å². The molecule has 0 aliphatic carbocycles. The van der Waals surface area contributed by atoms with Crippen LogP contribution in [0.1, 0.15) is 13.0 Å². The van der Waals surface area contributed by atoms with Crippen LogP contribution in [0.15, 0.2) is 41.8 Å². The molecule has 1 unspecified atom stereocenters. The highest BCUT2D eigenvalue weighted by Crippen LogP contribution is 2.27. The number of hydrogen-bond acceptors (Lipinski definition) is 6. The summed E-state index contributed by atoms with van der Waals surface area (Å²) < 4.78 is 7.51. The Bertz CT molecular complexity index is 1020. The number of amides is 1. The van der Waals surface area contributed by atoms with E-state index in [4.69, 9.17) is 17.0 Å². The van der Waals surface area contributed by atoms with Crippen molar-refractivity contribution in [2.45, 2.75) is 13.0 Å². The van der Waals surface area contributed by atoms with Gasteiger partial charge in [0.15, 0.2) is 10.6 Å². The number of benzene rings is 1. The third kappa shape index (κ3) is 3.92. The number of nitrogens with zero attached hydrogens (tertiary/aromatic N) is 4. The van der Waals surface area contributed by atoms with Crippen LogP contribution < -0.4 is 9.64 Å². The number of carbonyl (C=O) groups excluding carboxylic acids is 1. The first-order valence-electron chi connectivity index (χ1n) is 9.47. The van der Waals surface area contributed by atoms with Crippen LogP contribution in [0.4, 0.5) is 5.69 Å². The summed E-state index contributed by atoms with van der Waals surface area (Å²) in [5.74, 6) is 1.62. The van der Waals surface area contributed by atoms with Crippen LogP contribution in [0.2, 0.25) is 0 Å². The minimum atomic E-state index is -0.411. The quantitative estimate of drug-likeness (QED) is 0.628. The van der Waals surface area contributed by atoms with E-state index in [1.165, 1.54) is 0 Å². The molecule has 0 bridgehead atoms. The fourth-order valence-corrected chi connectivity index (χ4v) is 4.60. The number of ether oxygens (including phenoxy) is 1. The molecule has 0 spiro atoms. The molecule has 4 rings (SSSR count). The Morgan fingerprint density at radius 2 is 1.93 bits per heavy atom. The van der Waals surface area contributed by atoms with Crippen molar-refractivity contribution in [1.82, 2.24) is 19.7 Å². The second-order valence-corrected chi connectivity index (χ2v) is 8.22. The molecule has 9 heteroatoms. The zero-order valence-electron chi connectivity index (χ0n) is 16.4. The van der Waals surface area contributed by atoms with Crippen LogP contribution >= 0.6 is 23.6 Å². The summed E-state index contributed by atoms with van der Waals surface area (Å²) >= 11 is 6.99. The number of H-pyrrole nitrogens is 1. The lowest BCUT2D eigenvalue weighted by molar-refractivity contribution is -0.134. The molecule has 1 aromatic carbocycles. The molecule has 0 radical (unpaired) electrons. The van der Waals surface area contributed by atoms with Crippen molar-refractivity contribution in [2.75, 3.05) is 38.2 Å². The zero-order chi connectivity index (χ0) is 20.4. The van der Waals surface area contributed by atoms with Gasteiger partial charge in [-0.2, -0.15) is 5.10 Å². The molecule has 152 valence electrons. The molecule has 1 amide bonds. The van der Waals surface area contributed by atoms with Crippen molar-refractivity contribution in [2.24, 2.45) is 0 Å². The lowest BCUT2D eigenvalue weighted by atomic mass is 10.2. The number of aromatic amines is 1. The molecule has 1 saturated heterocycles. The molecule has 1 fully saturated rings. The maximum Gasteiger partial charge on any atom is 0.245 e. The average molecular weight is 430 g/mol. The summed E-state index contributed by atoms with van der Waals surface area (Å²) in [4.78, 5) is 18.4. The van der Waals surface area contributed by atoms with E-state index in [0.29, 0.717) is 23.7 Å². The lowest BCUT2D eigenvalue weighted by Crippen LogP contribution is -2.50. The minimum Gasteiger partial charge on any atom is -0.497 e. The van der Waals surface area contributed by atoms with Crippen molar-refractivity contribution in [3.8, 4) is 16.5 Å². The van der Waals surface area contributed by atoms with Crippen LogP contribution in [0, 0.1) is 4.77 Å². The molecule has 29 heavy (non-hydrogen) atoms. The van der Waals surface area contributed by atoms with E-state index in [-0.39, 0.29) is 5.91 Å². The Hall–Kier alpha value is -2.65. The first-order chi connectivity index (χ1) is 14.1. The highest BCUT2D eigenvalue weighted by molar-refractivity contribution is 7.71. The summed E-state index contributed by atoms with van der Waals surface area (Å²) in [6.45, 7) is 4.82. The highest BCUT2D eigenvalue weighted by atomic mass is 32.1. The summed E-state index contributed by atoms with van der Waals surface area (Å²) in [6.07, 6.45) is 0. The van der Waals surface area contributed by atoms with Crippen LogP contribution in [0.25, 0.3) is 10.7 Å². The van der Waals surface area contributed by atoms with E-state index < -0.39 is 6.04 Å². The maximum absolute atomic E-state index is 13.2. The summed E-state index contributed by atoms with van der Waals surface area (Å²) in [7, 11) is 1.66. The number of hydrogen-bond donors (Lipinski definition) is 1. The Kier molecular flexibility index (Phi) is 5.68. The topological polar surface area (TPSA) is 66.4 Å². The molecule has 1 N–H and O–H groups in total. The van der Waals surface area contributed by atoms with E-state index in [1.807, 2.05) is 46.0 Å². The Balaban J connectivity index is 1.45. The molecular formula is C20H23N5O2S2. The molecule has 1 atom stereocenters. The molecule has 0 saturated carbocycles. The second-order valence-electron chi connectivity index (χ2n) is 6.89. The van der Waals surface area contributed by atoms with Gasteiger partial charge in [-0.1, -0.05) is 6.07 Å². The van der Waals surface area contributed by atoms with Gasteiger partial charge in [-0.05, 0) is 54.9 Å². The average Bonchev–Trinajstić information content (AvgIpc) is 3.42. The Labute approximate surface area is 178 Å². The van der Waals surface area contributed by atoms with E-state index in [2.05, 4.69) is 27.2 Å². The van der Waals surface area contributed by atoms with Gasteiger partial charge in [-0.3, -0.25) is 14.5 Å². The van der Waals surface area contributed by atoms with Gasteiger partial charge in [-0.25, -0.2) is 0 Å². The zero-order valence-corrected chi connectivity index (χ0v) is 18.0. The number of carbonyl (C=O) groups is 1. The fourth-order valence-electron chi connectivity index (χ4n) is 3.60. The highest BCUT2D eigenvalue weighted by Gasteiger charge is 2.28. The third-order valence-electron chi connectivity index (χ3n) is 5.22. The van der Waals surface area contributed by atoms with Gasteiger partial charge < -0.3 is 14.5 Å². The third-order valence-corrected chi connectivity index (χ3v) is 6.37. The molecule has 1 aliphatic rings. The minimum absolute atomic E-state index is 0.0645. The fraction of sp³-hybridized carbons (Fsp3) is 0.350. The molecule has 1 aliphatic heterocycles. The SMILES string of the molecule is COc1ccc(N2CCN(C(=O)C(C)n3c(-c4cccs4)n[nH]c3=S)CC2)cc1. The molecule has 3 heterocycles. The molecular weight excluding hydrogens is 406 g/mol. The summed E-state index contributed by atoms with van der Waals surface area (Å²) in [5.41, 5.74) is 1.14. The number of anilines is 1. The van der Waals surface area contributed by atoms with Crippen LogP contribution in [-0.4, -0.2) is 58.9 Å². The van der Waals surface area contributed by atoms with E-state index >= 15 is 0 Å². The molecule has 7 nitrogen and oxygen atoms in total. The standard InChI is InChI=1S/C20H23N5O2S2/c1-14(25-18(21-22-20(25)28)17-4-3-13-29-17)19(26)24-11-9-23(10-12-24)15-5-7-16(27-2)8-6-15/h3-8,13-14H,9-12H2,1-2H3,(H,22,28). The normalized spacial score (nSPS) is 15.4. The van der Waals surface area contributed by atoms with Crippen molar-refractivity contribution < 1.29 is 9.53 Å². The monoisotopic (exact) mass is 429 g/mol. The van der Waals surface area contributed by atoms with Gasteiger partial charge in [0.05, 0.1) is 12.0 Å². The first-order valence-corrected chi connectivity index (χ1v) is 10.8. The summed E-state index contributed by atoms with van der Waals surface area (Å²) in [5, 5.41) is 9.16.